The predicted octanol–water partition coefficient (Wildman–Crippen LogP) is 2.01. The molecule has 3 heterocycles. The first-order valence-corrected chi connectivity index (χ1v) is 8.91. The van der Waals surface area contributed by atoms with Crippen LogP contribution in [0.1, 0.15) is 54.9 Å². The first-order chi connectivity index (χ1) is 12.1. The average molecular weight is 347 g/mol. The van der Waals surface area contributed by atoms with Crippen LogP contribution in [-0.2, 0) is 17.6 Å². The van der Waals surface area contributed by atoms with E-state index in [2.05, 4.69) is 22.4 Å². The minimum atomic E-state index is -0.518. The molecule has 1 aliphatic rings. The monoisotopic (exact) mass is 347 g/mol. The molecule has 2 aromatic heterocycles. The van der Waals surface area contributed by atoms with Crippen molar-refractivity contribution in [2.75, 3.05) is 19.8 Å². The summed E-state index contributed by atoms with van der Waals surface area (Å²) in [5.74, 6) is -0.193. The van der Waals surface area contributed by atoms with Gasteiger partial charge >= 0.3 is 0 Å². The fourth-order valence-electron chi connectivity index (χ4n) is 3.32. The van der Waals surface area contributed by atoms with Crippen molar-refractivity contribution in [3.63, 3.8) is 0 Å². The summed E-state index contributed by atoms with van der Waals surface area (Å²) >= 11 is 0. The normalized spacial score (nSPS) is 20.3. The highest BCUT2D eigenvalue weighted by atomic mass is 16.5. The number of aryl methyl sites for hydroxylation is 2. The van der Waals surface area contributed by atoms with Crippen LogP contribution in [0.3, 0.4) is 0 Å². The van der Waals surface area contributed by atoms with Gasteiger partial charge in [-0.2, -0.15) is 0 Å². The van der Waals surface area contributed by atoms with Crippen molar-refractivity contribution in [2.45, 2.75) is 51.5 Å². The van der Waals surface area contributed by atoms with Gasteiger partial charge in [-0.05, 0) is 31.7 Å². The summed E-state index contributed by atoms with van der Waals surface area (Å²) in [5, 5.41) is 17.3. The van der Waals surface area contributed by atoms with Crippen LogP contribution >= 0.6 is 0 Å². The number of hydrogen-bond acceptors (Lipinski definition) is 6. The van der Waals surface area contributed by atoms with Crippen LogP contribution in [0.4, 0.5) is 0 Å². The molecule has 2 N–H and O–H groups in total. The second kappa shape index (κ2) is 7.49. The van der Waals surface area contributed by atoms with E-state index in [1.54, 1.807) is 0 Å². The lowest BCUT2D eigenvalue weighted by molar-refractivity contribution is 0.0852. The standard InChI is InChI=1S/C18H25N3O4/c1-3-5-14-15-13(10-12(4-2)19-17(15)25-21-14)16(23)20-18(6-8-22)7-9-24-11-18/h10,22H,3-9,11H2,1-2H3,(H,20,23)/t18-/m1/s1. The van der Waals surface area contributed by atoms with Gasteiger partial charge in [-0.1, -0.05) is 25.4 Å². The Labute approximate surface area is 146 Å². The molecule has 3 rings (SSSR count). The van der Waals surface area contributed by atoms with Gasteiger partial charge in [0.1, 0.15) is 0 Å². The number of aliphatic hydroxyl groups excluding tert-OH is 1. The zero-order valence-electron chi connectivity index (χ0n) is 14.8. The fourth-order valence-corrected chi connectivity index (χ4v) is 3.32. The Balaban J connectivity index is 2.00. The number of aromatic nitrogens is 2. The summed E-state index contributed by atoms with van der Waals surface area (Å²) in [7, 11) is 0. The Kier molecular flexibility index (Phi) is 5.34. The molecule has 136 valence electrons. The largest absolute Gasteiger partial charge is 0.396 e. The van der Waals surface area contributed by atoms with E-state index in [-0.39, 0.29) is 12.5 Å². The van der Waals surface area contributed by atoms with Gasteiger partial charge in [0, 0.05) is 18.9 Å². The van der Waals surface area contributed by atoms with Crippen LogP contribution in [0.25, 0.3) is 11.1 Å². The molecule has 7 nitrogen and oxygen atoms in total. The Morgan fingerprint density at radius 1 is 1.44 bits per heavy atom. The zero-order chi connectivity index (χ0) is 17.9. The van der Waals surface area contributed by atoms with Crippen LogP contribution in [0.15, 0.2) is 10.6 Å². The minimum Gasteiger partial charge on any atom is -0.396 e. The van der Waals surface area contributed by atoms with Gasteiger partial charge in [-0.3, -0.25) is 4.79 Å². The smallest absolute Gasteiger partial charge is 0.259 e. The molecule has 1 atom stereocenters. The highest BCUT2D eigenvalue weighted by Crippen LogP contribution is 2.27. The molecule has 1 saturated heterocycles. The van der Waals surface area contributed by atoms with Crippen molar-refractivity contribution in [1.29, 1.82) is 0 Å². The molecule has 1 aliphatic heterocycles. The van der Waals surface area contributed by atoms with Crippen LogP contribution in [0.5, 0.6) is 0 Å². The fraction of sp³-hybridized carbons (Fsp3) is 0.611. The molecule has 0 unspecified atom stereocenters. The number of amides is 1. The molecular formula is C18H25N3O4. The molecule has 2 aromatic rings. The lowest BCUT2D eigenvalue weighted by atomic mass is 9.93. The highest BCUT2D eigenvalue weighted by Gasteiger charge is 2.36. The zero-order valence-corrected chi connectivity index (χ0v) is 14.8. The number of nitrogens with zero attached hydrogens (tertiary/aromatic N) is 2. The van der Waals surface area contributed by atoms with E-state index in [9.17, 15) is 9.90 Å². The lowest BCUT2D eigenvalue weighted by Crippen LogP contribution is -2.49. The number of carbonyl (C=O) groups excluding carboxylic acids is 1. The van der Waals surface area contributed by atoms with Gasteiger partial charge in [0.15, 0.2) is 0 Å². The van der Waals surface area contributed by atoms with Gasteiger partial charge in [-0.25, -0.2) is 4.98 Å². The summed E-state index contributed by atoms with van der Waals surface area (Å²) < 4.78 is 10.8. The van der Waals surface area contributed by atoms with E-state index in [1.165, 1.54) is 0 Å². The van der Waals surface area contributed by atoms with Crippen LogP contribution in [0, 0.1) is 0 Å². The minimum absolute atomic E-state index is 0.00393. The van der Waals surface area contributed by atoms with Crippen LogP contribution < -0.4 is 5.32 Å². The van der Waals surface area contributed by atoms with Crippen molar-refractivity contribution >= 4 is 17.0 Å². The Morgan fingerprint density at radius 2 is 2.28 bits per heavy atom. The van der Waals surface area contributed by atoms with E-state index >= 15 is 0 Å². The van der Waals surface area contributed by atoms with E-state index < -0.39 is 5.54 Å². The number of carbonyl (C=O) groups is 1. The Bertz CT molecular complexity index is 750. The Hall–Kier alpha value is -1.99. The van der Waals surface area contributed by atoms with Gasteiger partial charge in [0.05, 0.1) is 28.8 Å². The third-order valence-electron chi connectivity index (χ3n) is 4.74. The number of hydrogen-bond donors (Lipinski definition) is 2. The lowest BCUT2D eigenvalue weighted by Gasteiger charge is -2.28. The number of rotatable bonds is 7. The number of aliphatic hydroxyl groups is 1. The number of fused-ring (bicyclic) bond motifs is 1. The molecule has 0 spiro atoms. The van der Waals surface area contributed by atoms with Crippen molar-refractivity contribution in [1.82, 2.24) is 15.5 Å². The maximum atomic E-state index is 13.1. The first kappa shape index (κ1) is 17.8. The van der Waals surface area contributed by atoms with Crippen molar-refractivity contribution in [3.8, 4) is 0 Å². The molecule has 0 saturated carbocycles. The van der Waals surface area contributed by atoms with E-state index in [1.807, 2.05) is 13.0 Å². The van der Waals surface area contributed by atoms with E-state index in [4.69, 9.17) is 9.26 Å². The second-order valence-corrected chi connectivity index (χ2v) is 6.58. The summed E-state index contributed by atoms with van der Waals surface area (Å²) in [6.45, 7) is 5.04. The molecule has 0 aromatic carbocycles. The maximum Gasteiger partial charge on any atom is 0.259 e. The van der Waals surface area contributed by atoms with Gasteiger partial charge in [0.2, 0.25) is 0 Å². The topological polar surface area (TPSA) is 97.5 Å². The summed E-state index contributed by atoms with van der Waals surface area (Å²) in [6, 6.07) is 1.82. The quantitative estimate of drug-likeness (QED) is 0.795. The average Bonchev–Trinajstić information content (AvgIpc) is 3.22. The molecule has 7 heteroatoms. The maximum absolute atomic E-state index is 13.1. The van der Waals surface area contributed by atoms with Gasteiger partial charge in [0.25, 0.3) is 11.6 Å². The SMILES string of the molecule is CCCc1noc2nc(CC)cc(C(=O)N[C@]3(CCO)CCOC3)c12. The molecule has 0 bridgehead atoms. The number of nitrogens with one attached hydrogen (secondary N) is 1. The van der Waals surface area contributed by atoms with Gasteiger partial charge in [-0.15, -0.1) is 0 Å². The first-order valence-electron chi connectivity index (χ1n) is 8.91. The van der Waals surface area contributed by atoms with Crippen molar-refractivity contribution < 1.29 is 19.2 Å². The molecular weight excluding hydrogens is 322 g/mol. The summed E-state index contributed by atoms with van der Waals surface area (Å²) in [4.78, 5) is 17.5. The van der Waals surface area contributed by atoms with Crippen molar-refractivity contribution in [3.05, 3.63) is 23.0 Å². The van der Waals surface area contributed by atoms with E-state index in [0.29, 0.717) is 49.1 Å². The molecule has 25 heavy (non-hydrogen) atoms. The predicted molar refractivity (Wildman–Crippen MR) is 92.5 cm³/mol. The van der Waals surface area contributed by atoms with E-state index in [0.717, 1.165) is 24.2 Å². The van der Waals surface area contributed by atoms with Gasteiger partial charge < -0.3 is 19.7 Å². The summed E-state index contributed by atoms with van der Waals surface area (Å²) in [6.07, 6.45) is 3.50. The molecule has 1 amide bonds. The molecule has 1 fully saturated rings. The second-order valence-electron chi connectivity index (χ2n) is 6.58. The number of ether oxygens (including phenoxy) is 1. The molecule has 0 radical (unpaired) electrons. The van der Waals surface area contributed by atoms with Crippen LogP contribution in [0.2, 0.25) is 0 Å². The highest BCUT2D eigenvalue weighted by molar-refractivity contribution is 6.06. The van der Waals surface area contributed by atoms with Crippen molar-refractivity contribution in [2.24, 2.45) is 0 Å². The Morgan fingerprint density at radius 3 is 2.92 bits per heavy atom. The molecule has 0 aliphatic carbocycles. The third-order valence-corrected chi connectivity index (χ3v) is 4.74. The third kappa shape index (κ3) is 3.52. The van der Waals surface area contributed by atoms with Crippen LogP contribution in [-0.4, -0.2) is 46.5 Å². The number of pyridine rings is 1. The summed E-state index contributed by atoms with van der Waals surface area (Å²) in [5.41, 5.74) is 1.98.